The fourth-order valence-electron chi connectivity index (χ4n) is 2.69. The number of fused-ring (bicyclic) bond motifs is 1. The van der Waals surface area contributed by atoms with Crippen LogP contribution in [0.3, 0.4) is 0 Å². The van der Waals surface area contributed by atoms with Crippen LogP contribution in [0.1, 0.15) is 39.5 Å². The summed E-state index contributed by atoms with van der Waals surface area (Å²) in [4.78, 5) is 0.0899. The van der Waals surface area contributed by atoms with Crippen LogP contribution in [0.5, 0.6) is 11.5 Å². The van der Waals surface area contributed by atoms with E-state index in [4.69, 9.17) is 13.9 Å². The Morgan fingerprint density at radius 1 is 1.00 bits per heavy atom. The number of hydrogen-bond donors (Lipinski definition) is 0. The molecule has 0 spiro atoms. The first-order chi connectivity index (χ1) is 10.1. The highest BCUT2D eigenvalue weighted by Crippen LogP contribution is 2.40. The van der Waals surface area contributed by atoms with Gasteiger partial charge in [0.15, 0.2) is 11.5 Å². The van der Waals surface area contributed by atoms with Crippen LogP contribution in [0.4, 0.5) is 0 Å². The number of aryl methyl sites for hydroxylation is 2. The standard InChI is InChI=1S/C17H19BrO3/c1-10-11(2)21-12(3)16(10)17(18)13-5-6-14-15(9-13)20-8-4-7-19-14/h5-6,9,17H,4,7-8H2,1-3H3. The molecule has 0 aliphatic carbocycles. The lowest BCUT2D eigenvalue weighted by atomic mass is 10.0. The summed E-state index contributed by atoms with van der Waals surface area (Å²) in [5.41, 5.74) is 3.54. The molecule has 1 atom stereocenters. The molecule has 21 heavy (non-hydrogen) atoms. The van der Waals surface area contributed by atoms with Crippen molar-refractivity contribution < 1.29 is 13.9 Å². The summed E-state index contributed by atoms with van der Waals surface area (Å²) in [7, 11) is 0. The van der Waals surface area contributed by atoms with E-state index in [0.29, 0.717) is 13.2 Å². The Morgan fingerprint density at radius 2 is 1.71 bits per heavy atom. The van der Waals surface area contributed by atoms with E-state index < -0.39 is 0 Å². The molecule has 0 N–H and O–H groups in total. The smallest absolute Gasteiger partial charge is 0.161 e. The van der Waals surface area contributed by atoms with Crippen molar-refractivity contribution >= 4 is 15.9 Å². The molecule has 0 amide bonds. The van der Waals surface area contributed by atoms with E-state index in [1.807, 2.05) is 19.9 Å². The van der Waals surface area contributed by atoms with Gasteiger partial charge in [-0.05, 0) is 44.0 Å². The van der Waals surface area contributed by atoms with Crippen molar-refractivity contribution in [2.75, 3.05) is 13.2 Å². The fraction of sp³-hybridized carbons (Fsp3) is 0.412. The minimum absolute atomic E-state index is 0.0899. The third kappa shape index (κ3) is 2.69. The molecular weight excluding hydrogens is 332 g/mol. The number of furan rings is 1. The first-order valence-electron chi connectivity index (χ1n) is 7.18. The van der Waals surface area contributed by atoms with Crippen LogP contribution in [0.2, 0.25) is 0 Å². The van der Waals surface area contributed by atoms with Gasteiger partial charge in [-0.25, -0.2) is 0 Å². The molecule has 3 rings (SSSR count). The summed E-state index contributed by atoms with van der Waals surface area (Å²) in [6.45, 7) is 7.51. The number of benzene rings is 1. The summed E-state index contributed by atoms with van der Waals surface area (Å²) >= 11 is 3.80. The Labute approximate surface area is 133 Å². The number of hydrogen-bond acceptors (Lipinski definition) is 3. The van der Waals surface area contributed by atoms with Crippen molar-refractivity contribution in [1.29, 1.82) is 0 Å². The summed E-state index contributed by atoms with van der Waals surface area (Å²) in [5, 5.41) is 0. The molecule has 0 saturated heterocycles. The third-order valence-electron chi connectivity index (χ3n) is 3.94. The summed E-state index contributed by atoms with van der Waals surface area (Å²) in [6, 6.07) is 6.12. The molecule has 1 aromatic heterocycles. The Bertz CT molecular complexity index is 660. The van der Waals surface area contributed by atoms with Crippen LogP contribution in [0.25, 0.3) is 0 Å². The van der Waals surface area contributed by atoms with Crippen LogP contribution in [0, 0.1) is 20.8 Å². The zero-order valence-electron chi connectivity index (χ0n) is 12.5. The predicted molar refractivity (Wildman–Crippen MR) is 85.7 cm³/mol. The van der Waals surface area contributed by atoms with Gasteiger partial charge in [0.1, 0.15) is 11.5 Å². The van der Waals surface area contributed by atoms with Gasteiger partial charge < -0.3 is 13.9 Å². The Kier molecular flexibility index (Phi) is 3.98. The molecule has 1 unspecified atom stereocenters. The van der Waals surface area contributed by atoms with Gasteiger partial charge in [0, 0.05) is 12.0 Å². The normalized spacial score (nSPS) is 15.6. The maximum Gasteiger partial charge on any atom is 0.161 e. The number of alkyl halides is 1. The quantitative estimate of drug-likeness (QED) is 0.725. The van der Waals surface area contributed by atoms with Crippen molar-refractivity contribution in [3.63, 3.8) is 0 Å². The molecule has 3 nitrogen and oxygen atoms in total. The SMILES string of the molecule is Cc1oc(C)c(C(Br)c2ccc3c(c2)OCCCO3)c1C. The second kappa shape index (κ2) is 5.76. The first kappa shape index (κ1) is 14.5. The largest absolute Gasteiger partial charge is 0.490 e. The first-order valence-corrected chi connectivity index (χ1v) is 8.09. The topological polar surface area (TPSA) is 31.6 Å². The van der Waals surface area contributed by atoms with Gasteiger partial charge in [0.05, 0.1) is 18.0 Å². The van der Waals surface area contributed by atoms with Gasteiger partial charge in [0.25, 0.3) is 0 Å². The van der Waals surface area contributed by atoms with Gasteiger partial charge in [-0.1, -0.05) is 22.0 Å². The highest BCUT2D eigenvalue weighted by atomic mass is 79.9. The molecule has 0 saturated carbocycles. The van der Waals surface area contributed by atoms with Gasteiger partial charge in [-0.15, -0.1) is 0 Å². The lowest BCUT2D eigenvalue weighted by Gasteiger charge is -2.14. The molecule has 0 fully saturated rings. The van der Waals surface area contributed by atoms with Crippen molar-refractivity contribution in [2.24, 2.45) is 0 Å². The molecule has 1 aliphatic rings. The third-order valence-corrected chi connectivity index (χ3v) is 4.92. The average Bonchev–Trinajstić information content (AvgIpc) is 2.66. The summed E-state index contributed by atoms with van der Waals surface area (Å²) < 4.78 is 17.2. The molecule has 2 aromatic rings. The number of rotatable bonds is 2. The van der Waals surface area contributed by atoms with E-state index in [9.17, 15) is 0 Å². The van der Waals surface area contributed by atoms with Crippen molar-refractivity contribution in [1.82, 2.24) is 0 Å². The molecule has 4 heteroatoms. The van der Waals surface area contributed by atoms with Crippen LogP contribution in [-0.4, -0.2) is 13.2 Å². The molecule has 1 aliphatic heterocycles. The van der Waals surface area contributed by atoms with Crippen LogP contribution in [-0.2, 0) is 0 Å². The van der Waals surface area contributed by atoms with E-state index in [-0.39, 0.29) is 4.83 Å². The van der Waals surface area contributed by atoms with Crippen molar-refractivity contribution in [3.8, 4) is 11.5 Å². The summed E-state index contributed by atoms with van der Waals surface area (Å²) in [5.74, 6) is 3.58. The maximum atomic E-state index is 5.77. The van der Waals surface area contributed by atoms with Crippen LogP contribution >= 0.6 is 15.9 Å². The number of halogens is 1. The minimum Gasteiger partial charge on any atom is -0.490 e. The lowest BCUT2D eigenvalue weighted by Crippen LogP contribution is -1.98. The number of ether oxygens (including phenoxy) is 2. The van der Waals surface area contributed by atoms with E-state index in [1.165, 1.54) is 11.1 Å². The van der Waals surface area contributed by atoms with Crippen LogP contribution < -0.4 is 9.47 Å². The van der Waals surface area contributed by atoms with Crippen molar-refractivity contribution in [2.45, 2.75) is 32.0 Å². The summed E-state index contributed by atoms with van der Waals surface area (Å²) in [6.07, 6.45) is 0.918. The second-order valence-electron chi connectivity index (χ2n) is 5.37. The highest BCUT2D eigenvalue weighted by Gasteiger charge is 2.22. The van der Waals surface area contributed by atoms with Gasteiger partial charge in [-0.2, -0.15) is 0 Å². The Morgan fingerprint density at radius 3 is 2.38 bits per heavy atom. The van der Waals surface area contributed by atoms with E-state index in [0.717, 1.165) is 35.0 Å². The zero-order chi connectivity index (χ0) is 15.0. The fourth-order valence-corrected chi connectivity index (χ4v) is 3.64. The predicted octanol–water partition coefficient (Wildman–Crippen LogP) is 4.85. The second-order valence-corrected chi connectivity index (χ2v) is 6.29. The van der Waals surface area contributed by atoms with E-state index in [1.54, 1.807) is 0 Å². The molecule has 1 aromatic carbocycles. The van der Waals surface area contributed by atoms with E-state index in [2.05, 4.69) is 35.0 Å². The zero-order valence-corrected chi connectivity index (χ0v) is 14.1. The molecule has 112 valence electrons. The monoisotopic (exact) mass is 350 g/mol. The highest BCUT2D eigenvalue weighted by molar-refractivity contribution is 9.09. The maximum absolute atomic E-state index is 5.77. The molecule has 2 heterocycles. The molecule has 0 radical (unpaired) electrons. The Hall–Kier alpha value is -1.42. The minimum atomic E-state index is 0.0899. The van der Waals surface area contributed by atoms with E-state index >= 15 is 0 Å². The van der Waals surface area contributed by atoms with Gasteiger partial charge in [-0.3, -0.25) is 0 Å². The van der Waals surface area contributed by atoms with Gasteiger partial charge >= 0.3 is 0 Å². The van der Waals surface area contributed by atoms with Crippen LogP contribution in [0.15, 0.2) is 22.6 Å². The lowest BCUT2D eigenvalue weighted by molar-refractivity contribution is 0.297. The molecule has 0 bridgehead atoms. The Balaban J connectivity index is 1.98. The average molecular weight is 351 g/mol. The van der Waals surface area contributed by atoms with Crippen molar-refractivity contribution in [3.05, 3.63) is 46.4 Å². The van der Waals surface area contributed by atoms with Gasteiger partial charge in [0.2, 0.25) is 0 Å². The molecular formula is C17H19BrO3.